The first-order valence-corrected chi connectivity index (χ1v) is 11.1. The molecule has 3 aromatic heterocycles. The zero-order valence-corrected chi connectivity index (χ0v) is 19.3. The van der Waals surface area contributed by atoms with Gasteiger partial charge in [-0.2, -0.15) is 10.2 Å². The lowest BCUT2D eigenvalue weighted by Crippen LogP contribution is -2.25. The van der Waals surface area contributed by atoms with Crippen molar-refractivity contribution in [3.05, 3.63) is 101 Å². The number of halogens is 2. The standard InChI is InChI=1S/C25H19ClFN7O/c1-15(31-32-25(35)30-19-6-4-18(26)5-7-19)22-8-9-24-29-14-20(34(24)33-22)12-17-11-16-3-2-10-28-23(16)13-21(17)27/h2-11,13-14H,12H2,1H3,(H2,30,32,35)/b31-15+. The third-order valence-corrected chi connectivity index (χ3v) is 5.63. The molecular formula is C25H19ClFN7O. The van der Waals surface area contributed by atoms with Crippen LogP contribution in [0.1, 0.15) is 23.9 Å². The van der Waals surface area contributed by atoms with Crippen LogP contribution in [0.2, 0.25) is 5.02 Å². The van der Waals surface area contributed by atoms with Crippen molar-refractivity contribution in [2.24, 2.45) is 5.10 Å². The quantitative estimate of drug-likeness (QED) is 0.263. The van der Waals surface area contributed by atoms with Crippen LogP contribution in [0.5, 0.6) is 0 Å². The van der Waals surface area contributed by atoms with Gasteiger partial charge in [-0.3, -0.25) is 4.98 Å². The SMILES string of the molecule is C/C(=N\NC(=O)Nc1ccc(Cl)cc1)c1ccc2ncc(Cc3cc4cccnc4cc3F)n2n1. The highest BCUT2D eigenvalue weighted by atomic mass is 35.5. The van der Waals surface area contributed by atoms with Crippen molar-refractivity contribution in [1.29, 1.82) is 0 Å². The highest BCUT2D eigenvalue weighted by Gasteiger charge is 2.12. The molecule has 0 unspecified atom stereocenters. The van der Waals surface area contributed by atoms with E-state index in [4.69, 9.17) is 11.6 Å². The summed E-state index contributed by atoms with van der Waals surface area (Å²) in [6.07, 6.45) is 3.60. The van der Waals surface area contributed by atoms with E-state index in [9.17, 15) is 9.18 Å². The number of urea groups is 1. The molecule has 0 saturated heterocycles. The largest absolute Gasteiger partial charge is 0.339 e. The maximum atomic E-state index is 14.7. The van der Waals surface area contributed by atoms with Crippen LogP contribution < -0.4 is 10.7 Å². The van der Waals surface area contributed by atoms with Crippen molar-refractivity contribution >= 4 is 45.6 Å². The number of imidazole rings is 1. The van der Waals surface area contributed by atoms with E-state index >= 15 is 0 Å². The summed E-state index contributed by atoms with van der Waals surface area (Å²) >= 11 is 5.85. The van der Waals surface area contributed by atoms with Gasteiger partial charge in [0.25, 0.3) is 0 Å². The van der Waals surface area contributed by atoms with E-state index in [1.807, 2.05) is 12.1 Å². The summed E-state index contributed by atoms with van der Waals surface area (Å²) < 4.78 is 16.4. The Bertz CT molecular complexity index is 1580. The number of hydrazone groups is 1. The lowest BCUT2D eigenvalue weighted by molar-refractivity contribution is 0.252. The Balaban J connectivity index is 1.35. The summed E-state index contributed by atoms with van der Waals surface area (Å²) in [6.45, 7) is 1.73. The summed E-state index contributed by atoms with van der Waals surface area (Å²) in [5.74, 6) is -0.337. The number of hydrogen-bond acceptors (Lipinski definition) is 5. The van der Waals surface area contributed by atoms with E-state index in [2.05, 4.69) is 30.9 Å². The first-order chi connectivity index (χ1) is 17.0. The Hall–Kier alpha value is -4.37. The van der Waals surface area contributed by atoms with Crippen LogP contribution in [0.4, 0.5) is 14.9 Å². The van der Waals surface area contributed by atoms with E-state index in [0.717, 1.165) is 5.39 Å². The van der Waals surface area contributed by atoms with Gasteiger partial charge in [-0.25, -0.2) is 24.1 Å². The van der Waals surface area contributed by atoms with Crippen molar-refractivity contribution in [3.8, 4) is 0 Å². The molecule has 0 bridgehead atoms. The number of hydrogen-bond donors (Lipinski definition) is 2. The van der Waals surface area contributed by atoms with Gasteiger partial charge >= 0.3 is 6.03 Å². The second kappa shape index (κ2) is 9.47. The number of aromatic nitrogens is 4. The molecule has 5 rings (SSSR count). The van der Waals surface area contributed by atoms with Crippen LogP contribution in [0.15, 0.2) is 78.2 Å². The number of rotatable bonds is 5. The van der Waals surface area contributed by atoms with Crippen LogP contribution in [0, 0.1) is 5.82 Å². The number of amides is 2. The van der Waals surface area contributed by atoms with Crippen molar-refractivity contribution in [2.45, 2.75) is 13.3 Å². The number of benzene rings is 2. The summed E-state index contributed by atoms with van der Waals surface area (Å²) in [7, 11) is 0. The number of carbonyl (C=O) groups excluding carboxylic acids is 1. The minimum absolute atomic E-state index is 0.298. The molecule has 0 radical (unpaired) electrons. The molecule has 8 nitrogen and oxygen atoms in total. The Morgan fingerprint density at radius 1 is 1.11 bits per heavy atom. The van der Waals surface area contributed by atoms with E-state index < -0.39 is 6.03 Å². The average Bonchev–Trinajstić information content (AvgIpc) is 3.26. The Labute approximate surface area is 204 Å². The summed E-state index contributed by atoms with van der Waals surface area (Å²) in [6, 6.07) is 16.7. The van der Waals surface area contributed by atoms with Gasteiger partial charge in [-0.15, -0.1) is 0 Å². The van der Waals surface area contributed by atoms with Crippen LogP contribution in [-0.2, 0) is 6.42 Å². The topological polar surface area (TPSA) is 96.6 Å². The second-order valence-corrected chi connectivity index (χ2v) is 8.26. The monoisotopic (exact) mass is 487 g/mol. The van der Waals surface area contributed by atoms with Gasteiger partial charge in [0, 0.05) is 34.8 Å². The normalized spacial score (nSPS) is 11.7. The molecule has 0 spiro atoms. The molecule has 2 N–H and O–H groups in total. The smallest absolute Gasteiger partial charge is 0.307 e. The maximum absolute atomic E-state index is 14.7. The van der Waals surface area contributed by atoms with Crippen molar-refractivity contribution < 1.29 is 9.18 Å². The molecule has 3 heterocycles. The molecule has 0 aliphatic heterocycles. The minimum atomic E-state index is -0.502. The third-order valence-electron chi connectivity index (χ3n) is 5.37. The zero-order valence-electron chi connectivity index (χ0n) is 18.5. The first-order valence-electron chi connectivity index (χ1n) is 10.7. The first kappa shape index (κ1) is 22.4. The zero-order chi connectivity index (χ0) is 24.4. The molecular weight excluding hydrogens is 469 g/mol. The lowest BCUT2D eigenvalue weighted by Gasteiger charge is -2.07. The number of pyridine rings is 1. The molecule has 0 atom stereocenters. The molecule has 35 heavy (non-hydrogen) atoms. The molecule has 0 saturated carbocycles. The molecule has 0 aliphatic carbocycles. The fraction of sp³-hybridized carbons (Fsp3) is 0.0800. The van der Waals surface area contributed by atoms with Gasteiger partial charge in [0.1, 0.15) is 11.5 Å². The van der Waals surface area contributed by atoms with Gasteiger partial charge in [0.05, 0.1) is 23.1 Å². The molecule has 2 amide bonds. The third kappa shape index (κ3) is 4.95. The van der Waals surface area contributed by atoms with Crippen LogP contribution >= 0.6 is 11.6 Å². The van der Waals surface area contributed by atoms with Crippen molar-refractivity contribution in [3.63, 3.8) is 0 Å². The lowest BCUT2D eigenvalue weighted by atomic mass is 10.1. The van der Waals surface area contributed by atoms with E-state index in [1.165, 1.54) is 6.07 Å². The fourth-order valence-corrected chi connectivity index (χ4v) is 3.72. The highest BCUT2D eigenvalue weighted by molar-refractivity contribution is 6.30. The number of anilines is 1. The number of carbonyl (C=O) groups is 1. The molecule has 2 aromatic carbocycles. The van der Waals surface area contributed by atoms with E-state index in [1.54, 1.807) is 66.3 Å². The predicted octanol–water partition coefficient (Wildman–Crippen LogP) is 5.21. The maximum Gasteiger partial charge on any atom is 0.339 e. The molecule has 0 fully saturated rings. The minimum Gasteiger partial charge on any atom is -0.307 e. The Morgan fingerprint density at radius 3 is 2.77 bits per heavy atom. The van der Waals surface area contributed by atoms with E-state index in [0.29, 0.717) is 51.0 Å². The Kier molecular flexibility index (Phi) is 6.07. The molecule has 10 heteroatoms. The second-order valence-electron chi connectivity index (χ2n) is 7.82. The van der Waals surface area contributed by atoms with Gasteiger partial charge in [0.15, 0.2) is 5.65 Å². The Morgan fingerprint density at radius 2 is 1.94 bits per heavy atom. The fourth-order valence-electron chi connectivity index (χ4n) is 3.59. The summed E-state index contributed by atoms with van der Waals surface area (Å²) in [4.78, 5) is 20.7. The van der Waals surface area contributed by atoms with Crippen molar-refractivity contribution in [1.82, 2.24) is 25.0 Å². The van der Waals surface area contributed by atoms with Crippen molar-refractivity contribution in [2.75, 3.05) is 5.32 Å². The van der Waals surface area contributed by atoms with E-state index in [-0.39, 0.29) is 5.82 Å². The molecule has 0 aliphatic rings. The summed E-state index contributed by atoms with van der Waals surface area (Å²) in [5, 5.41) is 12.8. The number of nitrogens with zero attached hydrogens (tertiary/aromatic N) is 5. The summed E-state index contributed by atoms with van der Waals surface area (Å²) in [5.41, 5.74) is 6.51. The average molecular weight is 488 g/mol. The van der Waals surface area contributed by atoms with Gasteiger partial charge in [-0.1, -0.05) is 17.7 Å². The predicted molar refractivity (Wildman–Crippen MR) is 133 cm³/mol. The van der Waals surface area contributed by atoms with Gasteiger partial charge < -0.3 is 5.32 Å². The number of nitrogens with one attached hydrogen (secondary N) is 2. The number of fused-ring (bicyclic) bond motifs is 2. The van der Waals surface area contributed by atoms with Crippen LogP contribution in [0.3, 0.4) is 0 Å². The molecule has 5 aromatic rings. The highest BCUT2D eigenvalue weighted by Crippen LogP contribution is 2.20. The van der Waals surface area contributed by atoms with Crippen LogP contribution in [0.25, 0.3) is 16.6 Å². The van der Waals surface area contributed by atoms with Gasteiger partial charge in [0.2, 0.25) is 0 Å². The molecule has 174 valence electrons. The van der Waals surface area contributed by atoms with Gasteiger partial charge in [-0.05, 0) is 61.0 Å². The van der Waals surface area contributed by atoms with Crippen LogP contribution in [-0.4, -0.2) is 31.3 Å².